The number of guanidine groups is 1. The van der Waals surface area contributed by atoms with Crippen LogP contribution in [0, 0.1) is 0 Å². The van der Waals surface area contributed by atoms with Crippen LogP contribution in [0.25, 0.3) is 11.3 Å². The number of aliphatic imine (C=N–C) groups is 1. The predicted octanol–water partition coefficient (Wildman–Crippen LogP) is 3.04. The Hall–Kier alpha value is -2.34. The maximum absolute atomic E-state index is 5.74. The number of ether oxygens (including phenoxy) is 1. The van der Waals surface area contributed by atoms with Crippen molar-refractivity contribution in [2.75, 3.05) is 26.2 Å². The van der Waals surface area contributed by atoms with E-state index in [0.29, 0.717) is 12.6 Å². The number of nitrogens with zero attached hydrogens (tertiary/aromatic N) is 3. The molecule has 0 amide bonds. The first-order valence-corrected chi connectivity index (χ1v) is 9.54. The molecule has 6 heteroatoms. The summed E-state index contributed by atoms with van der Waals surface area (Å²) >= 11 is 0. The highest BCUT2D eigenvalue weighted by molar-refractivity contribution is 5.80. The molecule has 2 aromatic rings. The molecule has 1 saturated heterocycles. The fourth-order valence-corrected chi connectivity index (χ4v) is 3.25. The Morgan fingerprint density at radius 2 is 2.04 bits per heavy atom. The van der Waals surface area contributed by atoms with E-state index >= 15 is 0 Å². The van der Waals surface area contributed by atoms with Crippen LogP contribution in [0.2, 0.25) is 0 Å². The normalized spacial score (nSPS) is 16.1. The van der Waals surface area contributed by atoms with Gasteiger partial charge in [-0.1, -0.05) is 30.3 Å². The largest absolute Gasteiger partial charge is 0.378 e. The molecule has 1 fully saturated rings. The first-order valence-electron chi connectivity index (χ1n) is 9.54. The quantitative estimate of drug-likeness (QED) is 0.617. The number of H-pyrrole nitrogens is 1. The lowest BCUT2D eigenvalue weighted by Gasteiger charge is -2.34. The van der Waals surface area contributed by atoms with E-state index in [0.717, 1.165) is 62.1 Å². The molecular weight excluding hydrogens is 326 g/mol. The minimum Gasteiger partial charge on any atom is -0.378 e. The molecule has 0 saturated carbocycles. The number of nitrogens with one attached hydrogen (secondary N) is 2. The summed E-state index contributed by atoms with van der Waals surface area (Å²) in [6, 6.07) is 10.2. The van der Waals surface area contributed by atoms with E-state index in [1.165, 1.54) is 0 Å². The summed E-state index contributed by atoms with van der Waals surface area (Å²) in [6.45, 7) is 8.31. The molecule has 1 aromatic heterocycles. The first-order chi connectivity index (χ1) is 12.8. The van der Waals surface area contributed by atoms with Crippen molar-refractivity contribution in [3.8, 4) is 11.3 Å². The Kier molecular flexibility index (Phi) is 6.66. The van der Waals surface area contributed by atoms with E-state index in [1.807, 2.05) is 24.4 Å². The molecule has 140 valence electrons. The van der Waals surface area contributed by atoms with Gasteiger partial charge in [0.2, 0.25) is 0 Å². The highest BCUT2D eigenvalue weighted by Crippen LogP contribution is 2.17. The van der Waals surface area contributed by atoms with Gasteiger partial charge in [0.05, 0.1) is 18.0 Å². The zero-order valence-corrected chi connectivity index (χ0v) is 15.7. The number of benzene rings is 1. The number of rotatable bonds is 6. The Morgan fingerprint density at radius 1 is 1.27 bits per heavy atom. The average molecular weight is 355 g/mol. The molecule has 1 aromatic carbocycles. The highest BCUT2D eigenvalue weighted by Gasteiger charge is 2.21. The molecule has 0 atom stereocenters. The smallest absolute Gasteiger partial charge is 0.194 e. The van der Waals surface area contributed by atoms with Gasteiger partial charge in [0.1, 0.15) is 12.4 Å². The van der Waals surface area contributed by atoms with Crippen molar-refractivity contribution in [3.63, 3.8) is 0 Å². The van der Waals surface area contributed by atoms with Gasteiger partial charge >= 0.3 is 0 Å². The first kappa shape index (κ1) is 18.5. The van der Waals surface area contributed by atoms with Gasteiger partial charge in [0, 0.05) is 26.2 Å². The number of hydrogen-bond acceptors (Lipinski definition) is 3. The summed E-state index contributed by atoms with van der Waals surface area (Å²) < 4.78 is 5.74. The third-order valence-corrected chi connectivity index (χ3v) is 4.57. The van der Waals surface area contributed by atoms with Crippen LogP contribution in [0.5, 0.6) is 0 Å². The number of imidazole rings is 1. The summed E-state index contributed by atoms with van der Waals surface area (Å²) in [5.74, 6) is 1.84. The van der Waals surface area contributed by atoms with Crippen LogP contribution < -0.4 is 5.32 Å². The molecule has 0 radical (unpaired) electrons. The average Bonchev–Trinajstić information content (AvgIpc) is 3.16. The van der Waals surface area contributed by atoms with Crippen molar-refractivity contribution in [1.29, 1.82) is 0 Å². The van der Waals surface area contributed by atoms with Gasteiger partial charge < -0.3 is 19.9 Å². The minimum absolute atomic E-state index is 0.387. The van der Waals surface area contributed by atoms with Crippen molar-refractivity contribution < 1.29 is 4.74 Å². The van der Waals surface area contributed by atoms with Crippen LogP contribution in [-0.4, -0.2) is 53.2 Å². The molecule has 1 aliphatic heterocycles. The molecule has 3 rings (SSSR count). The standard InChI is InChI=1S/C20H29N5O/c1-3-21-20(25-12-10-17(11-13-25)26-4-2)23-15-19-22-14-18(24-19)16-8-6-5-7-9-16/h5-9,14,17H,3-4,10-13,15H2,1-2H3,(H,21,23)(H,22,24). The summed E-state index contributed by atoms with van der Waals surface area (Å²) in [5, 5.41) is 3.40. The lowest BCUT2D eigenvalue weighted by atomic mass is 10.1. The monoisotopic (exact) mass is 355 g/mol. The molecule has 0 unspecified atom stereocenters. The summed E-state index contributed by atoms with van der Waals surface area (Å²) in [4.78, 5) is 14.9. The molecule has 0 aliphatic carbocycles. The van der Waals surface area contributed by atoms with Crippen LogP contribution in [0.4, 0.5) is 0 Å². The lowest BCUT2D eigenvalue weighted by Crippen LogP contribution is -2.47. The third-order valence-electron chi connectivity index (χ3n) is 4.57. The van der Waals surface area contributed by atoms with Gasteiger partial charge in [-0.15, -0.1) is 0 Å². The number of likely N-dealkylation sites (tertiary alicyclic amines) is 1. The van der Waals surface area contributed by atoms with Gasteiger partial charge in [-0.2, -0.15) is 0 Å². The lowest BCUT2D eigenvalue weighted by molar-refractivity contribution is 0.0263. The topological polar surface area (TPSA) is 65.5 Å². The van der Waals surface area contributed by atoms with Gasteiger partial charge in [-0.05, 0) is 32.3 Å². The van der Waals surface area contributed by atoms with E-state index < -0.39 is 0 Å². The van der Waals surface area contributed by atoms with Gasteiger partial charge in [-0.25, -0.2) is 9.98 Å². The molecular formula is C20H29N5O. The highest BCUT2D eigenvalue weighted by atomic mass is 16.5. The SMILES string of the molecule is CCNC(=NCc1ncc(-c2ccccc2)[nH]1)N1CCC(OCC)CC1. The summed E-state index contributed by atoms with van der Waals surface area (Å²) in [7, 11) is 0. The zero-order valence-electron chi connectivity index (χ0n) is 15.7. The second-order valence-electron chi connectivity index (χ2n) is 6.42. The molecule has 2 heterocycles. The fourth-order valence-electron chi connectivity index (χ4n) is 3.25. The molecule has 0 spiro atoms. The van der Waals surface area contributed by atoms with Crippen LogP contribution in [-0.2, 0) is 11.3 Å². The maximum atomic E-state index is 5.74. The molecule has 2 N–H and O–H groups in total. The third kappa shape index (κ3) is 4.85. The Balaban J connectivity index is 1.62. The van der Waals surface area contributed by atoms with E-state index in [4.69, 9.17) is 9.73 Å². The van der Waals surface area contributed by atoms with Gasteiger partial charge in [0.15, 0.2) is 5.96 Å². The number of aromatic amines is 1. The van der Waals surface area contributed by atoms with Gasteiger partial charge in [0.25, 0.3) is 0 Å². The van der Waals surface area contributed by atoms with E-state index in [1.54, 1.807) is 0 Å². The predicted molar refractivity (Wildman–Crippen MR) is 105 cm³/mol. The second kappa shape index (κ2) is 9.38. The summed E-state index contributed by atoms with van der Waals surface area (Å²) in [6.07, 6.45) is 4.37. The Bertz CT molecular complexity index is 689. The Morgan fingerprint density at radius 3 is 2.73 bits per heavy atom. The van der Waals surface area contributed by atoms with Crippen LogP contribution >= 0.6 is 0 Å². The van der Waals surface area contributed by atoms with Crippen LogP contribution in [0.1, 0.15) is 32.5 Å². The van der Waals surface area contributed by atoms with E-state index in [9.17, 15) is 0 Å². The summed E-state index contributed by atoms with van der Waals surface area (Å²) in [5.41, 5.74) is 2.17. The Labute approximate surface area is 155 Å². The number of aromatic nitrogens is 2. The fraction of sp³-hybridized carbons (Fsp3) is 0.500. The molecule has 0 bridgehead atoms. The van der Waals surface area contributed by atoms with E-state index in [2.05, 4.69) is 46.2 Å². The zero-order chi connectivity index (χ0) is 18.2. The molecule has 1 aliphatic rings. The number of piperidine rings is 1. The number of hydrogen-bond donors (Lipinski definition) is 2. The molecule has 6 nitrogen and oxygen atoms in total. The van der Waals surface area contributed by atoms with E-state index in [-0.39, 0.29) is 0 Å². The van der Waals surface area contributed by atoms with Crippen molar-refractivity contribution in [1.82, 2.24) is 20.2 Å². The van der Waals surface area contributed by atoms with Gasteiger partial charge in [-0.3, -0.25) is 0 Å². The van der Waals surface area contributed by atoms with Crippen LogP contribution in [0.15, 0.2) is 41.5 Å². The van der Waals surface area contributed by atoms with Crippen LogP contribution in [0.3, 0.4) is 0 Å². The van der Waals surface area contributed by atoms with Crippen molar-refractivity contribution in [2.24, 2.45) is 4.99 Å². The molecule has 26 heavy (non-hydrogen) atoms. The second-order valence-corrected chi connectivity index (χ2v) is 6.42. The maximum Gasteiger partial charge on any atom is 0.194 e. The van der Waals surface area contributed by atoms with Crippen molar-refractivity contribution in [2.45, 2.75) is 39.3 Å². The van der Waals surface area contributed by atoms with Crippen molar-refractivity contribution in [3.05, 3.63) is 42.4 Å². The van der Waals surface area contributed by atoms with Crippen molar-refractivity contribution >= 4 is 5.96 Å². The minimum atomic E-state index is 0.387.